The fourth-order valence-electron chi connectivity index (χ4n) is 2.03. The number of amides is 2. The van der Waals surface area contributed by atoms with Crippen LogP contribution in [0.5, 0.6) is 0 Å². The Kier molecular flexibility index (Phi) is 2.75. The summed E-state index contributed by atoms with van der Waals surface area (Å²) in [6.07, 6.45) is 0. The summed E-state index contributed by atoms with van der Waals surface area (Å²) in [4.78, 5) is 24.9. The molecule has 25 heavy (non-hydrogen) atoms. The first-order chi connectivity index (χ1) is 16.7. The highest BCUT2D eigenvalue weighted by molar-refractivity contribution is 5.96. The van der Waals surface area contributed by atoms with E-state index in [9.17, 15) is 9.59 Å². The normalized spacial score (nSPS) is 19.5. The molecule has 0 atom stereocenters. The predicted molar refractivity (Wildman–Crippen MR) is 102 cm³/mol. The van der Waals surface area contributed by atoms with E-state index in [4.69, 9.17) is 16.4 Å². The van der Waals surface area contributed by atoms with Crippen molar-refractivity contribution in [2.45, 2.75) is 27.4 Å². The van der Waals surface area contributed by atoms with E-state index < -0.39 is 52.3 Å². The van der Waals surface area contributed by atoms with Gasteiger partial charge in [-0.05, 0) is 49.7 Å². The molecule has 0 aliphatic carbocycles. The highest BCUT2D eigenvalue weighted by Crippen LogP contribution is 2.19. The molecule has 0 bridgehead atoms. The highest BCUT2D eigenvalue weighted by atomic mass is 16.2. The zero-order chi connectivity index (χ0) is 28.4. The summed E-state index contributed by atoms with van der Waals surface area (Å²) in [7, 11) is 0. The second kappa shape index (κ2) is 8.44. The van der Waals surface area contributed by atoms with Gasteiger partial charge in [-0.2, -0.15) is 0 Å². The molecule has 0 fully saturated rings. The minimum Gasteiger partial charge on any atom is -0.324 e. The van der Waals surface area contributed by atoms with Crippen LogP contribution in [-0.4, -0.2) is 24.9 Å². The lowest BCUT2D eigenvalue weighted by Gasteiger charge is -2.13. The van der Waals surface area contributed by atoms with Gasteiger partial charge in [0.25, 0.3) is 0 Å². The maximum atomic E-state index is 12.5. The van der Waals surface area contributed by atoms with Gasteiger partial charge in [-0.1, -0.05) is 36.4 Å². The fourth-order valence-corrected chi connectivity index (χ4v) is 2.03. The molecule has 2 aromatic rings. The molecule has 0 saturated heterocycles. The summed E-state index contributed by atoms with van der Waals surface area (Å²) in [5.41, 5.74) is -2.24. The second-order valence-electron chi connectivity index (χ2n) is 5.16. The summed E-state index contributed by atoms with van der Waals surface area (Å²) >= 11 is 0. The Hall–Kier alpha value is -2.66. The molecule has 0 radical (unpaired) electrons. The number of anilines is 2. The van der Waals surface area contributed by atoms with Crippen molar-refractivity contribution in [1.82, 2.24) is 5.32 Å². The van der Waals surface area contributed by atoms with Gasteiger partial charge in [-0.3, -0.25) is 14.9 Å². The Morgan fingerprint density at radius 2 is 1.12 bits per heavy atom. The van der Waals surface area contributed by atoms with Gasteiger partial charge in [0.05, 0.1) is 13.1 Å². The van der Waals surface area contributed by atoms with Crippen molar-refractivity contribution in [2.75, 3.05) is 23.7 Å². The van der Waals surface area contributed by atoms with Crippen LogP contribution < -0.4 is 16.0 Å². The number of aryl methyl sites for hydroxylation is 4. The predicted octanol–water partition coefficient (Wildman–Crippen LogP) is 3.09. The molecule has 2 rings (SSSR count). The van der Waals surface area contributed by atoms with Gasteiger partial charge in [-0.25, -0.2) is 0 Å². The first-order valence-electron chi connectivity index (χ1n) is 13.3. The quantitative estimate of drug-likeness (QED) is 0.749. The van der Waals surface area contributed by atoms with Crippen molar-refractivity contribution in [3.05, 3.63) is 58.7 Å². The fraction of sp³-hybridized carbons (Fsp3) is 0.300. The average Bonchev–Trinajstić information content (AvgIpc) is 2.70. The largest absolute Gasteiger partial charge is 0.324 e. The highest BCUT2D eigenvalue weighted by Gasteiger charge is 2.09. The molecular weight excluding hydrogens is 314 g/mol. The summed E-state index contributed by atoms with van der Waals surface area (Å²) in [6.45, 7) is -11.9. The number of para-hydroxylation sites is 2. The van der Waals surface area contributed by atoms with Crippen LogP contribution in [0.3, 0.4) is 0 Å². The number of carbonyl (C=O) groups is 2. The molecule has 0 spiro atoms. The molecule has 2 aromatic carbocycles. The van der Waals surface area contributed by atoms with Crippen LogP contribution in [0.1, 0.15) is 38.7 Å². The van der Waals surface area contributed by atoms with E-state index in [1.807, 2.05) is 0 Å². The summed E-state index contributed by atoms with van der Waals surface area (Å²) in [5.74, 6) is -1.69. The molecule has 0 unspecified atom stereocenters. The van der Waals surface area contributed by atoms with Crippen molar-refractivity contribution in [2.24, 2.45) is 0 Å². The molecule has 0 aliphatic rings. The van der Waals surface area contributed by atoms with Gasteiger partial charge in [-0.15, -0.1) is 0 Å². The molecule has 3 N–H and O–H groups in total. The first kappa shape index (κ1) is 8.15. The Balaban J connectivity index is 2.16. The lowest BCUT2D eigenvalue weighted by Crippen LogP contribution is -2.34. The van der Waals surface area contributed by atoms with Crippen LogP contribution in [-0.2, 0) is 9.59 Å². The molecule has 5 nitrogen and oxygen atoms in total. The molecule has 0 heterocycles. The standard InChI is InChI=1S/C20H25N3O2/c1-13-7-5-8-14(2)19(13)22-17(24)11-21-12-18(25)23-20-15(3)9-6-10-16(20)4/h5-10,21H,11-12H2,1-4H3,(H,22,24)(H,23,25)/i1D3,2D3,3D3,4D3. The number of hydrogen-bond acceptors (Lipinski definition) is 3. The zero-order valence-corrected chi connectivity index (χ0v) is 13.2. The number of benzene rings is 2. The molecule has 5 heteroatoms. The van der Waals surface area contributed by atoms with Gasteiger partial charge in [0.1, 0.15) is 0 Å². The van der Waals surface area contributed by atoms with E-state index in [1.54, 1.807) is 0 Å². The van der Waals surface area contributed by atoms with Crippen LogP contribution in [0.4, 0.5) is 11.4 Å². The zero-order valence-electron chi connectivity index (χ0n) is 25.2. The topological polar surface area (TPSA) is 70.2 Å². The number of hydrogen-bond donors (Lipinski definition) is 3. The Bertz CT molecular complexity index is 997. The number of carbonyl (C=O) groups excluding carboxylic acids is 2. The van der Waals surface area contributed by atoms with Crippen LogP contribution >= 0.6 is 0 Å². The third kappa shape index (κ3) is 5.16. The van der Waals surface area contributed by atoms with Gasteiger partial charge >= 0.3 is 0 Å². The smallest absolute Gasteiger partial charge is 0.238 e. The van der Waals surface area contributed by atoms with E-state index in [0.29, 0.717) is 0 Å². The van der Waals surface area contributed by atoms with Crippen LogP contribution in [0.25, 0.3) is 0 Å². The van der Waals surface area contributed by atoms with E-state index in [-0.39, 0.29) is 33.6 Å². The molecule has 132 valence electrons. The maximum Gasteiger partial charge on any atom is 0.238 e. The second-order valence-corrected chi connectivity index (χ2v) is 5.16. The molecule has 0 saturated carbocycles. The van der Waals surface area contributed by atoms with Crippen molar-refractivity contribution < 1.29 is 26.0 Å². The number of nitrogens with one attached hydrogen (secondary N) is 3. The SMILES string of the molecule is [2H]C([2H])([2H])c1cccc(C([2H])([2H])[2H])c1NC(=O)CNCC(=O)Nc1c(C([2H])([2H])[2H])cccc1C([2H])([2H])[2H]. The van der Waals surface area contributed by atoms with Crippen molar-refractivity contribution in [3.8, 4) is 0 Å². The minimum atomic E-state index is -2.71. The summed E-state index contributed by atoms with van der Waals surface area (Å²) < 4.78 is 91.6. The minimum absolute atomic E-state index is 0.370. The Morgan fingerprint density at radius 3 is 1.44 bits per heavy atom. The monoisotopic (exact) mass is 351 g/mol. The molecule has 2 amide bonds. The molecule has 0 aromatic heterocycles. The summed E-state index contributed by atoms with van der Waals surface area (Å²) in [6, 6.07) is 7.19. The van der Waals surface area contributed by atoms with Crippen molar-refractivity contribution in [1.29, 1.82) is 0 Å². The molecule has 0 aliphatic heterocycles. The van der Waals surface area contributed by atoms with Crippen molar-refractivity contribution in [3.63, 3.8) is 0 Å². The first-order valence-corrected chi connectivity index (χ1v) is 7.31. The lowest BCUT2D eigenvalue weighted by molar-refractivity contribution is -0.116. The summed E-state index contributed by atoms with van der Waals surface area (Å²) in [5, 5.41) is 7.02. The van der Waals surface area contributed by atoms with E-state index >= 15 is 0 Å². The lowest BCUT2D eigenvalue weighted by atomic mass is 10.1. The third-order valence-electron chi connectivity index (χ3n) is 3.23. The van der Waals surface area contributed by atoms with Gasteiger partial charge in [0, 0.05) is 27.8 Å². The number of rotatable bonds is 6. The molecular formula is C20H25N3O2. The average molecular weight is 352 g/mol. The van der Waals surface area contributed by atoms with Crippen LogP contribution in [0.15, 0.2) is 36.4 Å². The van der Waals surface area contributed by atoms with E-state index in [1.165, 1.54) is 36.4 Å². The third-order valence-corrected chi connectivity index (χ3v) is 3.23. The van der Waals surface area contributed by atoms with E-state index in [0.717, 1.165) is 0 Å². The van der Waals surface area contributed by atoms with E-state index in [2.05, 4.69) is 16.0 Å². The maximum absolute atomic E-state index is 12.5. The Labute approximate surface area is 165 Å². The van der Waals surface area contributed by atoms with Gasteiger partial charge < -0.3 is 10.6 Å². The Morgan fingerprint density at radius 1 is 0.760 bits per heavy atom. The van der Waals surface area contributed by atoms with Crippen LogP contribution in [0, 0.1) is 27.4 Å². The van der Waals surface area contributed by atoms with Crippen molar-refractivity contribution >= 4 is 23.2 Å². The van der Waals surface area contributed by atoms with Gasteiger partial charge in [0.2, 0.25) is 11.8 Å². The van der Waals surface area contributed by atoms with Crippen LogP contribution in [0.2, 0.25) is 0 Å². The van der Waals surface area contributed by atoms with Gasteiger partial charge in [0.15, 0.2) is 0 Å².